The van der Waals surface area contributed by atoms with Crippen LogP contribution in [0.3, 0.4) is 0 Å². The number of phenols is 1. The molecule has 1 atom stereocenters. The Morgan fingerprint density at radius 3 is 2.80 bits per heavy atom. The van der Waals surface area contributed by atoms with Crippen LogP contribution in [-0.2, 0) is 0 Å². The third kappa shape index (κ3) is 1.97. The first-order valence-electron chi connectivity index (χ1n) is 4.55. The van der Waals surface area contributed by atoms with E-state index in [-0.39, 0.29) is 11.8 Å². The van der Waals surface area contributed by atoms with E-state index in [0.717, 1.165) is 0 Å². The number of hydrogen-bond donors (Lipinski definition) is 2. The van der Waals surface area contributed by atoms with Crippen LogP contribution in [0.4, 0.5) is 0 Å². The van der Waals surface area contributed by atoms with Crippen molar-refractivity contribution in [3.8, 4) is 17.2 Å². The van der Waals surface area contributed by atoms with Crippen LogP contribution < -0.4 is 5.73 Å². The molecule has 0 aliphatic carbocycles. The van der Waals surface area contributed by atoms with Crippen LogP contribution in [0.2, 0.25) is 0 Å². The summed E-state index contributed by atoms with van der Waals surface area (Å²) in [6.45, 7) is 1.76. The molecule has 78 valence electrons. The van der Waals surface area contributed by atoms with Crippen molar-refractivity contribution in [2.24, 2.45) is 5.73 Å². The van der Waals surface area contributed by atoms with Crippen molar-refractivity contribution in [2.45, 2.75) is 13.0 Å². The highest BCUT2D eigenvalue weighted by Crippen LogP contribution is 2.22. The second kappa shape index (κ2) is 3.70. The number of benzene rings is 1. The zero-order valence-electron chi connectivity index (χ0n) is 8.21. The zero-order valence-corrected chi connectivity index (χ0v) is 8.21. The van der Waals surface area contributed by atoms with Gasteiger partial charge in [-0.3, -0.25) is 0 Å². The Morgan fingerprint density at radius 2 is 2.20 bits per heavy atom. The Morgan fingerprint density at radius 1 is 1.40 bits per heavy atom. The minimum Gasteiger partial charge on any atom is -0.508 e. The first kappa shape index (κ1) is 9.67. The average molecular weight is 205 g/mol. The summed E-state index contributed by atoms with van der Waals surface area (Å²) < 4.78 is 5.33. The molecule has 0 saturated carbocycles. The minimum absolute atomic E-state index is 0.160. The van der Waals surface area contributed by atoms with Crippen molar-refractivity contribution >= 4 is 0 Å². The fourth-order valence-electron chi connectivity index (χ4n) is 1.17. The van der Waals surface area contributed by atoms with E-state index >= 15 is 0 Å². The lowest BCUT2D eigenvalue weighted by Gasteiger charge is -1.96. The molecule has 0 radical (unpaired) electrons. The van der Waals surface area contributed by atoms with Gasteiger partial charge in [0, 0.05) is 5.56 Å². The van der Waals surface area contributed by atoms with Crippen molar-refractivity contribution in [3.63, 3.8) is 0 Å². The van der Waals surface area contributed by atoms with Gasteiger partial charge >= 0.3 is 0 Å². The molecule has 0 saturated heterocycles. The molecule has 0 bridgehead atoms. The maximum Gasteiger partial charge on any atom is 0.247 e. The summed E-state index contributed by atoms with van der Waals surface area (Å²) in [5.74, 6) is 0.902. The predicted octanol–water partition coefficient (Wildman–Crippen LogP) is 1.46. The largest absolute Gasteiger partial charge is 0.508 e. The van der Waals surface area contributed by atoms with Crippen LogP contribution >= 0.6 is 0 Å². The Balaban J connectivity index is 2.37. The van der Waals surface area contributed by atoms with Gasteiger partial charge in [0.1, 0.15) is 5.75 Å². The van der Waals surface area contributed by atoms with Crippen LogP contribution in [0.5, 0.6) is 5.75 Å². The van der Waals surface area contributed by atoms with Crippen molar-refractivity contribution in [1.82, 2.24) is 10.2 Å². The maximum atomic E-state index is 9.28. The predicted molar refractivity (Wildman–Crippen MR) is 54.0 cm³/mol. The average Bonchev–Trinajstić information content (AvgIpc) is 2.66. The molecule has 1 aromatic heterocycles. The quantitative estimate of drug-likeness (QED) is 0.775. The van der Waals surface area contributed by atoms with E-state index in [0.29, 0.717) is 17.3 Å². The number of nitrogens with two attached hydrogens (primary N) is 1. The first-order valence-corrected chi connectivity index (χ1v) is 4.55. The van der Waals surface area contributed by atoms with E-state index in [9.17, 15) is 5.11 Å². The van der Waals surface area contributed by atoms with Gasteiger partial charge in [-0.1, -0.05) is 6.07 Å². The highest BCUT2D eigenvalue weighted by Gasteiger charge is 2.11. The number of aromatic nitrogens is 2. The van der Waals surface area contributed by atoms with E-state index in [2.05, 4.69) is 10.2 Å². The number of nitrogens with zero attached hydrogens (tertiary/aromatic N) is 2. The Labute approximate surface area is 86.6 Å². The van der Waals surface area contributed by atoms with Gasteiger partial charge in [-0.25, -0.2) is 0 Å². The van der Waals surface area contributed by atoms with Crippen molar-refractivity contribution in [3.05, 3.63) is 30.2 Å². The molecule has 5 heteroatoms. The lowest BCUT2D eigenvalue weighted by Crippen LogP contribution is -2.04. The lowest BCUT2D eigenvalue weighted by atomic mass is 10.2. The number of phenolic OH excluding ortho intramolecular Hbond substituents is 1. The Kier molecular flexibility index (Phi) is 2.39. The molecule has 0 amide bonds. The van der Waals surface area contributed by atoms with Gasteiger partial charge in [0.2, 0.25) is 11.8 Å². The van der Waals surface area contributed by atoms with Gasteiger partial charge in [0.05, 0.1) is 6.04 Å². The minimum atomic E-state index is -0.288. The van der Waals surface area contributed by atoms with Crippen LogP contribution in [0.1, 0.15) is 18.9 Å². The van der Waals surface area contributed by atoms with E-state index in [4.69, 9.17) is 10.2 Å². The van der Waals surface area contributed by atoms with Gasteiger partial charge < -0.3 is 15.3 Å². The smallest absolute Gasteiger partial charge is 0.247 e. The second-order valence-corrected chi connectivity index (χ2v) is 3.28. The number of rotatable bonds is 2. The molecule has 5 nitrogen and oxygen atoms in total. The second-order valence-electron chi connectivity index (χ2n) is 3.28. The zero-order chi connectivity index (χ0) is 10.8. The first-order chi connectivity index (χ1) is 7.16. The van der Waals surface area contributed by atoms with Crippen LogP contribution in [0, 0.1) is 0 Å². The summed E-state index contributed by atoms with van der Waals surface area (Å²) in [5, 5.41) is 16.9. The molecule has 2 aromatic rings. The normalized spacial score (nSPS) is 12.7. The molecule has 0 spiro atoms. The molecule has 0 fully saturated rings. The Bertz CT molecular complexity index is 465. The molecule has 1 unspecified atom stereocenters. The van der Waals surface area contributed by atoms with Gasteiger partial charge in [-0.2, -0.15) is 0 Å². The molecular formula is C10H11N3O2. The molecule has 1 aromatic carbocycles. The lowest BCUT2D eigenvalue weighted by molar-refractivity contribution is 0.468. The van der Waals surface area contributed by atoms with Gasteiger partial charge in [-0.05, 0) is 25.1 Å². The van der Waals surface area contributed by atoms with Gasteiger partial charge in [0.25, 0.3) is 0 Å². The summed E-state index contributed by atoms with van der Waals surface area (Å²) in [6, 6.07) is 6.33. The SMILES string of the molecule is CC(N)c1nnc(-c2cccc(O)c2)o1. The monoisotopic (exact) mass is 205 g/mol. The maximum absolute atomic E-state index is 9.28. The molecule has 1 heterocycles. The highest BCUT2D eigenvalue weighted by atomic mass is 16.4. The molecule has 2 rings (SSSR count). The third-order valence-corrected chi connectivity index (χ3v) is 1.92. The fourth-order valence-corrected chi connectivity index (χ4v) is 1.17. The molecular weight excluding hydrogens is 194 g/mol. The summed E-state index contributed by atoms with van der Waals surface area (Å²) in [5.41, 5.74) is 6.26. The molecule has 0 aliphatic rings. The molecule has 3 N–H and O–H groups in total. The van der Waals surface area contributed by atoms with Crippen molar-refractivity contribution < 1.29 is 9.52 Å². The fraction of sp³-hybridized carbons (Fsp3) is 0.200. The van der Waals surface area contributed by atoms with E-state index in [1.165, 1.54) is 0 Å². The van der Waals surface area contributed by atoms with E-state index in [1.807, 2.05) is 0 Å². The van der Waals surface area contributed by atoms with E-state index in [1.54, 1.807) is 31.2 Å². The number of aromatic hydroxyl groups is 1. The third-order valence-electron chi connectivity index (χ3n) is 1.92. The van der Waals surface area contributed by atoms with Crippen molar-refractivity contribution in [2.75, 3.05) is 0 Å². The summed E-state index contributed by atoms with van der Waals surface area (Å²) in [4.78, 5) is 0. The van der Waals surface area contributed by atoms with Crippen molar-refractivity contribution in [1.29, 1.82) is 0 Å². The number of hydrogen-bond acceptors (Lipinski definition) is 5. The van der Waals surface area contributed by atoms with Gasteiger partial charge in [-0.15, -0.1) is 10.2 Å². The molecule has 0 aliphatic heterocycles. The summed E-state index contributed by atoms with van der Waals surface area (Å²) in [6.07, 6.45) is 0. The summed E-state index contributed by atoms with van der Waals surface area (Å²) >= 11 is 0. The molecule has 15 heavy (non-hydrogen) atoms. The van der Waals surface area contributed by atoms with Crippen LogP contribution in [-0.4, -0.2) is 15.3 Å². The van der Waals surface area contributed by atoms with E-state index < -0.39 is 0 Å². The standard InChI is InChI=1S/C10H11N3O2/c1-6(11)9-12-13-10(15-9)7-3-2-4-8(14)5-7/h2-6,14H,11H2,1H3. The highest BCUT2D eigenvalue weighted by molar-refractivity contribution is 5.55. The van der Waals surface area contributed by atoms with Crippen LogP contribution in [0.25, 0.3) is 11.5 Å². The van der Waals surface area contributed by atoms with Gasteiger partial charge in [0.15, 0.2) is 0 Å². The summed E-state index contributed by atoms with van der Waals surface area (Å²) in [7, 11) is 0. The Hall–Kier alpha value is -1.88. The van der Waals surface area contributed by atoms with Crippen LogP contribution in [0.15, 0.2) is 28.7 Å². The topological polar surface area (TPSA) is 85.2 Å².